The number of halogens is 1. The molecule has 0 aliphatic heterocycles. The van der Waals surface area contributed by atoms with E-state index >= 15 is 0 Å². The van der Waals surface area contributed by atoms with Crippen LogP contribution in [0.4, 0.5) is 11.4 Å². The highest BCUT2D eigenvalue weighted by Gasteiger charge is 2.19. The molecule has 0 amide bonds. The minimum absolute atomic E-state index is 0. The van der Waals surface area contributed by atoms with Gasteiger partial charge >= 0.3 is 0 Å². The molecule has 0 spiro atoms. The molecule has 0 saturated carbocycles. The topological polar surface area (TPSA) is 50.0 Å². The molecule has 5 nitrogen and oxygen atoms in total. The fourth-order valence-electron chi connectivity index (χ4n) is 5.31. The molecule has 0 bridgehead atoms. The van der Waals surface area contributed by atoms with Gasteiger partial charge in [0.15, 0.2) is 5.71 Å². The molecule has 2 aromatic rings. The molecule has 0 aromatic heterocycles. The van der Waals surface area contributed by atoms with Gasteiger partial charge in [-0.2, -0.15) is 0 Å². The van der Waals surface area contributed by atoms with Crippen LogP contribution in [-0.2, 0) is 0 Å². The van der Waals surface area contributed by atoms with E-state index < -0.39 is 0 Å². The van der Waals surface area contributed by atoms with E-state index in [1.807, 2.05) is 0 Å². The molecule has 0 fully saturated rings. The first-order chi connectivity index (χ1) is 18.4. The van der Waals surface area contributed by atoms with Crippen LogP contribution in [0.3, 0.4) is 0 Å². The van der Waals surface area contributed by atoms with Crippen molar-refractivity contribution in [1.82, 2.24) is 0 Å². The van der Waals surface area contributed by atoms with Crippen molar-refractivity contribution in [2.75, 3.05) is 62.3 Å². The number of rotatable bonds is 12. The minimum atomic E-state index is 0. The Morgan fingerprint density at radius 2 is 1.13 bits per heavy atom. The summed E-state index contributed by atoms with van der Waals surface area (Å²) in [4.78, 5) is 4.41. The zero-order valence-corrected chi connectivity index (χ0v) is 25.3. The number of aryl methyl sites for hydroxylation is 2. The van der Waals surface area contributed by atoms with Crippen LogP contribution in [0.2, 0.25) is 0 Å². The van der Waals surface area contributed by atoms with Gasteiger partial charge in [0.2, 0.25) is 0 Å². The molecule has 0 atom stereocenters. The van der Waals surface area contributed by atoms with Crippen LogP contribution >= 0.6 is 0 Å². The second kappa shape index (κ2) is 15.7. The Balaban J connectivity index is 0.00000533. The largest absolute Gasteiger partial charge is 1.00 e. The number of nitrogens with zero attached hydrogens (tertiary/aromatic N) is 3. The zero-order chi connectivity index (χ0) is 27.7. The first-order valence-electron chi connectivity index (χ1n) is 14.1. The Morgan fingerprint density at radius 1 is 0.692 bits per heavy atom. The van der Waals surface area contributed by atoms with E-state index in [-0.39, 0.29) is 25.6 Å². The molecule has 2 aromatic carbocycles. The maximum Gasteiger partial charge on any atom is 0.199 e. The first-order valence-corrected chi connectivity index (χ1v) is 14.1. The zero-order valence-electron chi connectivity index (χ0n) is 24.5. The third-order valence-corrected chi connectivity index (χ3v) is 7.48. The summed E-state index contributed by atoms with van der Waals surface area (Å²) in [6.45, 7) is 18.2. The Labute approximate surface area is 241 Å². The molecule has 0 heterocycles. The average molecular weight is 552 g/mol. The summed E-state index contributed by atoms with van der Waals surface area (Å²) in [5.74, 6) is 0. The van der Waals surface area contributed by atoms with Gasteiger partial charge in [0.1, 0.15) is 13.1 Å². The summed E-state index contributed by atoms with van der Waals surface area (Å²) in [6.07, 6.45) is 8.96. The Kier molecular flexibility index (Phi) is 13.0. The van der Waals surface area contributed by atoms with Crippen LogP contribution in [0.1, 0.15) is 49.9 Å². The molecular weight excluding hydrogens is 506 g/mol. The highest BCUT2D eigenvalue weighted by atomic mass is 35.5. The van der Waals surface area contributed by atoms with Crippen molar-refractivity contribution in [3.63, 3.8) is 0 Å². The molecule has 212 valence electrons. The quantitative estimate of drug-likeness (QED) is 0.398. The molecule has 3 rings (SSSR count). The number of hydrogen-bond acceptors (Lipinski definition) is 4. The maximum atomic E-state index is 9.51. The fourth-order valence-corrected chi connectivity index (χ4v) is 5.31. The maximum absolute atomic E-state index is 9.51. The molecule has 6 heteroatoms. The molecule has 39 heavy (non-hydrogen) atoms. The predicted octanol–water partition coefficient (Wildman–Crippen LogP) is 2.37. The standard InChI is InChI=1S/C33H46N3O2.ClH/c1-7-34(8-2)28-13-11-27(12-14-28)33(31-17-15-29(23-25(31)5)35(9-3)19-21-37)32-18-16-30(24-26(32)6)36(10-4)20-22-38;/h11-18,23-24,37-38H,7-10,19-22H2,1-6H3;1H/q+1;/p-1. The van der Waals surface area contributed by atoms with Crippen molar-refractivity contribution in [3.8, 4) is 0 Å². The summed E-state index contributed by atoms with van der Waals surface area (Å²) < 4.78 is 2.37. The first kappa shape index (κ1) is 32.4. The van der Waals surface area contributed by atoms with Gasteiger partial charge in [-0.15, -0.1) is 0 Å². The summed E-state index contributed by atoms with van der Waals surface area (Å²) in [6, 6.07) is 13.3. The van der Waals surface area contributed by atoms with Gasteiger partial charge in [0.05, 0.1) is 13.2 Å². The summed E-state index contributed by atoms with van der Waals surface area (Å²) in [7, 11) is 0. The van der Waals surface area contributed by atoms with Crippen molar-refractivity contribution in [2.24, 2.45) is 0 Å². The van der Waals surface area contributed by atoms with Gasteiger partial charge in [0.25, 0.3) is 0 Å². The van der Waals surface area contributed by atoms with Gasteiger partial charge in [-0.3, -0.25) is 0 Å². The predicted molar refractivity (Wildman–Crippen MR) is 163 cm³/mol. The van der Waals surface area contributed by atoms with Crippen molar-refractivity contribution < 1.29 is 27.2 Å². The number of hydrogen-bond donors (Lipinski definition) is 2. The van der Waals surface area contributed by atoms with E-state index in [2.05, 4.69) is 117 Å². The van der Waals surface area contributed by atoms with Crippen molar-refractivity contribution >= 4 is 22.7 Å². The van der Waals surface area contributed by atoms with Crippen LogP contribution < -0.4 is 22.2 Å². The van der Waals surface area contributed by atoms with Crippen molar-refractivity contribution in [3.05, 3.63) is 88.5 Å². The summed E-state index contributed by atoms with van der Waals surface area (Å²) in [5.41, 5.74) is 10.8. The van der Waals surface area contributed by atoms with Gasteiger partial charge in [-0.1, -0.05) is 12.1 Å². The van der Waals surface area contributed by atoms with E-state index in [1.54, 1.807) is 0 Å². The Bertz CT molecular complexity index is 1140. The van der Waals surface area contributed by atoms with Gasteiger partial charge < -0.3 is 32.4 Å². The monoisotopic (exact) mass is 551 g/mol. The van der Waals surface area contributed by atoms with Gasteiger partial charge in [-0.05, 0) is 111 Å². The lowest BCUT2D eigenvalue weighted by molar-refractivity contribution is -0.519. The number of allylic oxidation sites excluding steroid dienone is 5. The summed E-state index contributed by atoms with van der Waals surface area (Å²) in [5, 5.41) is 19.0. The lowest BCUT2D eigenvalue weighted by atomic mass is 9.86. The van der Waals surface area contributed by atoms with Crippen LogP contribution in [0.15, 0.2) is 66.3 Å². The minimum Gasteiger partial charge on any atom is -1.00 e. The molecule has 1 aliphatic rings. The number of benzene rings is 2. The lowest BCUT2D eigenvalue weighted by Crippen LogP contribution is -3.00. The smallest absolute Gasteiger partial charge is 0.199 e. The number of aliphatic hydroxyl groups is 2. The Hall–Kier alpha value is -2.86. The normalized spacial score (nSPS) is 12.4. The van der Waals surface area contributed by atoms with Crippen LogP contribution in [0.25, 0.3) is 5.57 Å². The van der Waals surface area contributed by atoms with Crippen molar-refractivity contribution in [2.45, 2.75) is 41.5 Å². The number of anilines is 2. The molecule has 1 aliphatic carbocycles. The number of likely N-dealkylation sites (N-methyl/N-ethyl adjacent to an activating group) is 2. The second-order valence-corrected chi connectivity index (χ2v) is 9.70. The lowest BCUT2D eigenvalue weighted by Gasteiger charge is -2.25. The molecule has 0 radical (unpaired) electrons. The molecule has 0 unspecified atom stereocenters. The van der Waals surface area contributed by atoms with E-state index in [9.17, 15) is 10.2 Å². The highest BCUT2D eigenvalue weighted by Crippen LogP contribution is 2.36. The van der Waals surface area contributed by atoms with Crippen LogP contribution in [0.5, 0.6) is 0 Å². The van der Waals surface area contributed by atoms with Crippen molar-refractivity contribution in [1.29, 1.82) is 0 Å². The second-order valence-electron chi connectivity index (χ2n) is 9.70. The average Bonchev–Trinajstić information content (AvgIpc) is 2.93. The van der Waals surface area contributed by atoms with E-state index in [1.165, 1.54) is 39.1 Å². The van der Waals surface area contributed by atoms with E-state index in [0.29, 0.717) is 13.1 Å². The highest BCUT2D eigenvalue weighted by molar-refractivity contribution is 6.04. The molecule has 0 saturated heterocycles. The molecular formula is C33H46ClN3O2. The fraction of sp³-hybridized carbons (Fsp3) is 0.424. The van der Waals surface area contributed by atoms with Crippen LogP contribution in [-0.4, -0.2) is 73.0 Å². The SMILES string of the molecule is CCN(CCO)c1ccc(C(=C2C=CC(=[N+](CC)CC)C=C2)c2ccc(N(CC)CCO)cc2C)c(C)c1.[Cl-]. The molecule has 2 N–H and O–H groups in total. The van der Waals surface area contributed by atoms with Gasteiger partial charge in [0, 0.05) is 49.7 Å². The number of aliphatic hydroxyl groups excluding tert-OH is 2. The third kappa shape index (κ3) is 7.63. The summed E-state index contributed by atoms with van der Waals surface area (Å²) >= 11 is 0. The van der Waals surface area contributed by atoms with Crippen LogP contribution in [0, 0.1) is 13.8 Å². The third-order valence-electron chi connectivity index (χ3n) is 7.48. The van der Waals surface area contributed by atoms with Gasteiger partial charge in [-0.25, -0.2) is 4.58 Å². The van der Waals surface area contributed by atoms with E-state index in [0.717, 1.165) is 37.6 Å². The Morgan fingerprint density at radius 3 is 1.46 bits per heavy atom. The van der Waals surface area contributed by atoms with E-state index in [4.69, 9.17) is 0 Å².